The first kappa shape index (κ1) is 20.2. The summed E-state index contributed by atoms with van der Waals surface area (Å²) < 4.78 is 34.0. The second-order valence-electron chi connectivity index (χ2n) is 8.26. The quantitative estimate of drug-likeness (QED) is 0.617. The van der Waals surface area contributed by atoms with E-state index in [0.717, 1.165) is 38.8 Å². The van der Waals surface area contributed by atoms with Gasteiger partial charge >= 0.3 is 0 Å². The Kier molecular flexibility index (Phi) is 6.03. The van der Waals surface area contributed by atoms with Crippen LogP contribution in [0, 0.1) is 11.8 Å². The summed E-state index contributed by atoms with van der Waals surface area (Å²) in [7, 11) is -3.37. The molecule has 28 heavy (non-hydrogen) atoms. The normalized spacial score (nSPS) is 30.6. The van der Waals surface area contributed by atoms with Crippen LogP contribution in [0.3, 0.4) is 0 Å². The molecule has 1 unspecified atom stereocenters. The van der Waals surface area contributed by atoms with Gasteiger partial charge in [-0.25, -0.2) is 0 Å². The van der Waals surface area contributed by atoms with Crippen molar-refractivity contribution >= 4 is 22.0 Å². The van der Waals surface area contributed by atoms with Crippen molar-refractivity contribution in [2.75, 3.05) is 52.5 Å². The van der Waals surface area contributed by atoms with Crippen LogP contribution in [0.2, 0.25) is 0 Å². The Morgan fingerprint density at radius 3 is 1.89 bits per heavy atom. The molecule has 4 aliphatic rings. The molecular weight excluding hydrogens is 384 g/mol. The lowest BCUT2D eigenvalue weighted by atomic mass is 9.79. The van der Waals surface area contributed by atoms with Gasteiger partial charge in [0.1, 0.15) is 0 Å². The van der Waals surface area contributed by atoms with E-state index in [-0.39, 0.29) is 24.3 Å². The van der Waals surface area contributed by atoms with Crippen molar-refractivity contribution < 1.29 is 22.7 Å². The minimum Gasteiger partial charge on any atom is -0.379 e. The molecule has 0 aromatic rings. The molecule has 4 heterocycles. The lowest BCUT2D eigenvalue weighted by Gasteiger charge is -2.41. The summed E-state index contributed by atoms with van der Waals surface area (Å²) in [6, 6.07) is -0.297. The standard InChI is InChI=1S/C18H30N4O5S/c23-17-13-16(18(24)19-17)20-5-1-14(2-6-20)15-3-7-21(8-4-15)28(25,26)22-9-11-27-12-10-22/h14-16H,1-13H2,(H,19,23,24). The monoisotopic (exact) mass is 414 g/mol. The smallest absolute Gasteiger partial charge is 0.282 e. The highest BCUT2D eigenvalue weighted by Crippen LogP contribution is 2.34. The number of morpholine rings is 1. The number of amides is 2. The zero-order valence-electron chi connectivity index (χ0n) is 16.2. The average Bonchev–Trinajstić information content (AvgIpc) is 3.07. The molecule has 4 aliphatic heterocycles. The van der Waals surface area contributed by atoms with E-state index in [2.05, 4.69) is 10.2 Å². The fourth-order valence-electron chi connectivity index (χ4n) is 5.06. The first-order chi connectivity index (χ1) is 13.4. The number of ether oxygens (including phenoxy) is 1. The number of carbonyl (C=O) groups is 2. The number of likely N-dealkylation sites (tertiary alicyclic amines) is 1. The second-order valence-corrected chi connectivity index (χ2v) is 10.2. The molecule has 0 bridgehead atoms. The summed E-state index contributed by atoms with van der Waals surface area (Å²) in [5.41, 5.74) is 0. The number of imide groups is 1. The van der Waals surface area contributed by atoms with E-state index < -0.39 is 10.2 Å². The summed E-state index contributed by atoms with van der Waals surface area (Å²) in [5, 5.41) is 2.39. The fraction of sp³-hybridized carbons (Fsp3) is 0.889. The van der Waals surface area contributed by atoms with Gasteiger partial charge in [-0.05, 0) is 50.6 Å². The predicted molar refractivity (Wildman–Crippen MR) is 101 cm³/mol. The second kappa shape index (κ2) is 8.35. The van der Waals surface area contributed by atoms with Gasteiger partial charge in [0, 0.05) is 26.2 Å². The van der Waals surface area contributed by atoms with Gasteiger partial charge in [0.25, 0.3) is 10.2 Å². The molecule has 0 radical (unpaired) electrons. The lowest BCUT2D eigenvalue weighted by Crippen LogP contribution is -2.51. The number of hydrogen-bond acceptors (Lipinski definition) is 6. The SMILES string of the molecule is O=C1CC(N2CCC(C3CCN(S(=O)(=O)N4CCOCC4)CC3)CC2)C(=O)N1. The first-order valence-electron chi connectivity index (χ1n) is 10.4. The Balaban J connectivity index is 1.26. The molecule has 0 spiro atoms. The molecule has 0 aromatic heterocycles. The summed E-state index contributed by atoms with van der Waals surface area (Å²) in [6.45, 7) is 4.67. The molecule has 10 heteroatoms. The van der Waals surface area contributed by atoms with Crippen LogP contribution in [-0.4, -0.2) is 92.3 Å². The molecule has 1 N–H and O–H groups in total. The number of nitrogens with one attached hydrogen (secondary N) is 1. The van der Waals surface area contributed by atoms with E-state index in [1.807, 2.05) is 0 Å². The van der Waals surface area contributed by atoms with Gasteiger partial charge in [-0.2, -0.15) is 17.0 Å². The van der Waals surface area contributed by atoms with Crippen LogP contribution in [0.25, 0.3) is 0 Å². The maximum absolute atomic E-state index is 12.8. The zero-order valence-corrected chi connectivity index (χ0v) is 17.0. The van der Waals surface area contributed by atoms with Gasteiger partial charge in [0.2, 0.25) is 11.8 Å². The molecular formula is C18H30N4O5S. The Morgan fingerprint density at radius 1 is 0.821 bits per heavy atom. The highest BCUT2D eigenvalue weighted by Gasteiger charge is 2.40. The molecule has 4 rings (SSSR count). The van der Waals surface area contributed by atoms with Crippen LogP contribution in [-0.2, 0) is 24.5 Å². The van der Waals surface area contributed by atoms with Crippen molar-refractivity contribution in [1.82, 2.24) is 18.8 Å². The van der Waals surface area contributed by atoms with Crippen molar-refractivity contribution in [3.05, 3.63) is 0 Å². The molecule has 158 valence electrons. The van der Waals surface area contributed by atoms with E-state index in [0.29, 0.717) is 51.2 Å². The Labute approximate surface area is 166 Å². The summed E-state index contributed by atoms with van der Waals surface area (Å²) in [5.74, 6) is 0.776. The van der Waals surface area contributed by atoms with Crippen molar-refractivity contribution in [2.24, 2.45) is 11.8 Å². The van der Waals surface area contributed by atoms with E-state index >= 15 is 0 Å². The van der Waals surface area contributed by atoms with E-state index in [1.54, 1.807) is 8.61 Å². The molecule has 0 aromatic carbocycles. The van der Waals surface area contributed by atoms with Gasteiger partial charge in [-0.15, -0.1) is 0 Å². The van der Waals surface area contributed by atoms with Crippen molar-refractivity contribution in [2.45, 2.75) is 38.1 Å². The minimum atomic E-state index is -3.37. The van der Waals surface area contributed by atoms with Gasteiger partial charge in [-0.3, -0.25) is 19.8 Å². The van der Waals surface area contributed by atoms with E-state index in [9.17, 15) is 18.0 Å². The summed E-state index contributed by atoms with van der Waals surface area (Å²) in [4.78, 5) is 25.4. The molecule has 4 saturated heterocycles. The van der Waals surface area contributed by atoms with E-state index in [1.165, 1.54) is 0 Å². The largest absolute Gasteiger partial charge is 0.379 e. The van der Waals surface area contributed by atoms with Crippen LogP contribution in [0.1, 0.15) is 32.1 Å². The average molecular weight is 415 g/mol. The van der Waals surface area contributed by atoms with Crippen LogP contribution in [0.4, 0.5) is 0 Å². The molecule has 4 fully saturated rings. The topological polar surface area (TPSA) is 99.3 Å². The highest BCUT2D eigenvalue weighted by molar-refractivity contribution is 7.86. The van der Waals surface area contributed by atoms with Crippen molar-refractivity contribution in [1.29, 1.82) is 0 Å². The van der Waals surface area contributed by atoms with Crippen LogP contribution < -0.4 is 5.32 Å². The van der Waals surface area contributed by atoms with Gasteiger partial charge in [-0.1, -0.05) is 0 Å². The van der Waals surface area contributed by atoms with Crippen LogP contribution in [0.15, 0.2) is 0 Å². The third kappa shape index (κ3) is 4.11. The van der Waals surface area contributed by atoms with Gasteiger partial charge in [0.05, 0.1) is 25.7 Å². The lowest BCUT2D eigenvalue weighted by molar-refractivity contribution is -0.126. The summed E-state index contributed by atoms with van der Waals surface area (Å²) in [6.07, 6.45) is 4.10. The highest BCUT2D eigenvalue weighted by atomic mass is 32.2. The first-order valence-corrected chi connectivity index (χ1v) is 11.8. The van der Waals surface area contributed by atoms with Crippen molar-refractivity contribution in [3.63, 3.8) is 0 Å². The minimum absolute atomic E-state index is 0.162. The third-order valence-corrected chi connectivity index (χ3v) is 8.78. The van der Waals surface area contributed by atoms with Crippen LogP contribution >= 0.6 is 0 Å². The Hall–Kier alpha value is -1.07. The maximum Gasteiger partial charge on any atom is 0.282 e. The van der Waals surface area contributed by atoms with Crippen LogP contribution in [0.5, 0.6) is 0 Å². The van der Waals surface area contributed by atoms with Gasteiger partial charge in [0.15, 0.2) is 0 Å². The number of hydrogen-bond donors (Lipinski definition) is 1. The summed E-state index contributed by atoms with van der Waals surface area (Å²) >= 11 is 0. The van der Waals surface area contributed by atoms with E-state index in [4.69, 9.17) is 4.74 Å². The predicted octanol–water partition coefficient (Wildman–Crippen LogP) is -0.597. The molecule has 0 aliphatic carbocycles. The Morgan fingerprint density at radius 2 is 1.36 bits per heavy atom. The number of piperidine rings is 2. The number of nitrogens with zero attached hydrogens (tertiary/aromatic N) is 3. The molecule has 0 saturated carbocycles. The fourth-order valence-corrected chi connectivity index (χ4v) is 6.67. The Bertz CT molecular complexity index is 693. The third-order valence-electron chi connectivity index (χ3n) is 6.75. The molecule has 1 atom stereocenters. The molecule has 2 amide bonds. The number of rotatable bonds is 4. The van der Waals surface area contributed by atoms with Gasteiger partial charge < -0.3 is 4.74 Å². The maximum atomic E-state index is 12.8. The van der Waals surface area contributed by atoms with Crippen molar-refractivity contribution in [3.8, 4) is 0 Å². The molecule has 9 nitrogen and oxygen atoms in total. The zero-order chi connectivity index (χ0) is 19.7. The number of carbonyl (C=O) groups excluding carboxylic acids is 2.